The summed E-state index contributed by atoms with van der Waals surface area (Å²) in [6, 6.07) is 3.86. The number of thiophene rings is 1. The van der Waals surface area contributed by atoms with Crippen LogP contribution in [0.15, 0.2) is 17.1 Å². The third kappa shape index (κ3) is 8.41. The number of aliphatic hydroxyl groups is 1. The molecule has 0 bridgehead atoms. The van der Waals surface area contributed by atoms with Gasteiger partial charge in [0, 0.05) is 24.0 Å². The Balaban J connectivity index is 0.00000338. The smallest absolute Gasteiger partial charge is 0.242 e. The number of hydrogen-bond donors (Lipinski definition) is 4. The van der Waals surface area contributed by atoms with Crippen molar-refractivity contribution in [1.82, 2.24) is 16.0 Å². The van der Waals surface area contributed by atoms with Crippen molar-refractivity contribution in [3.05, 3.63) is 21.3 Å². The van der Waals surface area contributed by atoms with Crippen LogP contribution in [-0.4, -0.2) is 42.6 Å². The Kier molecular flexibility index (Phi) is 11.5. The Bertz CT molecular complexity index is 579. The molecule has 1 amide bonds. The topological polar surface area (TPSA) is 85.8 Å². The highest BCUT2D eigenvalue weighted by atomic mass is 127. The van der Waals surface area contributed by atoms with Gasteiger partial charge < -0.3 is 21.1 Å². The molecule has 1 heterocycles. The van der Waals surface area contributed by atoms with Crippen LogP contribution in [0, 0.1) is 0 Å². The van der Waals surface area contributed by atoms with Gasteiger partial charge in [-0.1, -0.05) is 30.9 Å². The molecule has 0 saturated heterocycles. The number of carbonyl (C=O) groups excluding carboxylic acids is 1. The third-order valence-corrected chi connectivity index (χ3v) is 5.41. The van der Waals surface area contributed by atoms with Crippen molar-refractivity contribution in [3.63, 3.8) is 0 Å². The van der Waals surface area contributed by atoms with E-state index in [0.717, 1.165) is 17.7 Å². The van der Waals surface area contributed by atoms with Gasteiger partial charge in [-0.25, -0.2) is 4.99 Å². The maximum absolute atomic E-state index is 12.0. The SMILES string of the molecule is CCNC(=NCC(=O)NC1CCCCC1)NCC(O)c1ccc(Cl)s1.I. The van der Waals surface area contributed by atoms with E-state index in [-0.39, 0.29) is 42.5 Å². The molecular weight excluding hydrogens is 487 g/mol. The molecule has 1 aliphatic carbocycles. The number of carbonyl (C=O) groups is 1. The highest BCUT2D eigenvalue weighted by Gasteiger charge is 2.15. The van der Waals surface area contributed by atoms with Gasteiger partial charge in [-0.15, -0.1) is 35.3 Å². The van der Waals surface area contributed by atoms with Crippen LogP contribution in [0.3, 0.4) is 0 Å². The number of guanidine groups is 1. The number of nitrogens with one attached hydrogen (secondary N) is 3. The van der Waals surface area contributed by atoms with Gasteiger partial charge in [-0.05, 0) is 31.9 Å². The first-order valence-electron chi connectivity index (χ1n) is 8.83. The Hall–Kier alpha value is -0.580. The van der Waals surface area contributed by atoms with E-state index in [1.165, 1.54) is 30.6 Å². The highest BCUT2D eigenvalue weighted by Crippen LogP contribution is 2.26. The summed E-state index contributed by atoms with van der Waals surface area (Å²) >= 11 is 7.24. The number of aliphatic hydroxyl groups excluding tert-OH is 1. The molecule has 0 spiro atoms. The second-order valence-electron chi connectivity index (χ2n) is 6.14. The minimum atomic E-state index is -0.669. The van der Waals surface area contributed by atoms with Gasteiger partial charge in [0.05, 0.1) is 4.34 Å². The average Bonchev–Trinajstić information content (AvgIpc) is 3.04. The lowest BCUT2D eigenvalue weighted by molar-refractivity contribution is -0.120. The fraction of sp³-hybridized carbons (Fsp3) is 0.647. The van der Waals surface area contributed by atoms with E-state index < -0.39 is 6.10 Å². The van der Waals surface area contributed by atoms with Gasteiger partial charge >= 0.3 is 0 Å². The maximum atomic E-state index is 12.0. The van der Waals surface area contributed by atoms with Gasteiger partial charge in [0.15, 0.2) is 5.96 Å². The minimum Gasteiger partial charge on any atom is -0.386 e. The van der Waals surface area contributed by atoms with Crippen LogP contribution >= 0.6 is 46.9 Å². The molecular formula is C17H28ClIN4O2S. The Morgan fingerprint density at radius 3 is 2.69 bits per heavy atom. The zero-order chi connectivity index (χ0) is 18.1. The van der Waals surface area contributed by atoms with E-state index in [0.29, 0.717) is 23.4 Å². The molecule has 148 valence electrons. The van der Waals surface area contributed by atoms with E-state index in [1.807, 2.05) is 6.92 Å². The van der Waals surface area contributed by atoms with Crippen LogP contribution in [0.25, 0.3) is 0 Å². The maximum Gasteiger partial charge on any atom is 0.242 e. The summed E-state index contributed by atoms with van der Waals surface area (Å²) < 4.78 is 0.647. The van der Waals surface area contributed by atoms with Crippen LogP contribution in [0.2, 0.25) is 4.34 Å². The van der Waals surface area contributed by atoms with Crippen LogP contribution in [0.5, 0.6) is 0 Å². The van der Waals surface area contributed by atoms with Gasteiger partial charge in [-0.2, -0.15) is 0 Å². The summed E-state index contributed by atoms with van der Waals surface area (Å²) in [5.74, 6) is 0.456. The largest absolute Gasteiger partial charge is 0.386 e. The molecule has 1 aliphatic rings. The molecule has 1 atom stereocenters. The fourth-order valence-corrected chi connectivity index (χ4v) is 3.86. The van der Waals surface area contributed by atoms with Crippen molar-refractivity contribution in [2.75, 3.05) is 19.6 Å². The monoisotopic (exact) mass is 514 g/mol. The van der Waals surface area contributed by atoms with Crippen molar-refractivity contribution >= 4 is 58.8 Å². The van der Waals surface area contributed by atoms with Crippen molar-refractivity contribution < 1.29 is 9.90 Å². The molecule has 0 aliphatic heterocycles. The summed E-state index contributed by atoms with van der Waals surface area (Å²) in [4.78, 5) is 17.1. The summed E-state index contributed by atoms with van der Waals surface area (Å²) in [7, 11) is 0. The first-order chi connectivity index (χ1) is 12.1. The normalized spacial score (nSPS) is 16.5. The summed E-state index contributed by atoms with van der Waals surface area (Å²) in [5, 5.41) is 19.4. The number of amides is 1. The first kappa shape index (κ1) is 23.5. The molecule has 4 N–H and O–H groups in total. The van der Waals surface area contributed by atoms with E-state index in [9.17, 15) is 9.90 Å². The molecule has 1 aromatic rings. The van der Waals surface area contributed by atoms with E-state index in [1.54, 1.807) is 12.1 Å². The molecule has 6 nitrogen and oxygen atoms in total. The van der Waals surface area contributed by atoms with Crippen molar-refractivity contribution in [2.24, 2.45) is 4.99 Å². The Morgan fingerprint density at radius 1 is 1.35 bits per heavy atom. The van der Waals surface area contributed by atoms with Crippen molar-refractivity contribution in [3.8, 4) is 0 Å². The number of aliphatic imine (C=N–C) groups is 1. The lowest BCUT2D eigenvalue weighted by atomic mass is 9.95. The molecule has 1 unspecified atom stereocenters. The van der Waals surface area contributed by atoms with Gasteiger partial charge in [0.2, 0.25) is 5.91 Å². The van der Waals surface area contributed by atoms with Crippen molar-refractivity contribution in [1.29, 1.82) is 0 Å². The first-order valence-corrected chi connectivity index (χ1v) is 10.0. The van der Waals surface area contributed by atoms with Crippen LogP contribution in [-0.2, 0) is 4.79 Å². The molecule has 2 rings (SSSR count). The highest BCUT2D eigenvalue weighted by molar-refractivity contribution is 14.0. The zero-order valence-corrected chi connectivity index (χ0v) is 18.9. The molecule has 1 fully saturated rings. The Labute approximate surface area is 181 Å². The average molecular weight is 515 g/mol. The summed E-state index contributed by atoms with van der Waals surface area (Å²) in [5.41, 5.74) is 0. The van der Waals surface area contributed by atoms with Crippen molar-refractivity contribution in [2.45, 2.75) is 51.2 Å². The Morgan fingerprint density at radius 2 is 2.08 bits per heavy atom. The van der Waals surface area contributed by atoms with Gasteiger partial charge in [-0.3, -0.25) is 4.79 Å². The van der Waals surface area contributed by atoms with Crippen LogP contribution in [0.4, 0.5) is 0 Å². The zero-order valence-electron chi connectivity index (χ0n) is 15.0. The number of nitrogens with zero attached hydrogens (tertiary/aromatic N) is 1. The molecule has 0 radical (unpaired) electrons. The standard InChI is InChI=1S/C17H27ClN4O2S.HI/c1-2-19-17(20-10-13(23)14-8-9-15(18)25-14)21-11-16(24)22-12-6-4-3-5-7-12;/h8-9,12-13,23H,2-7,10-11H2,1H3,(H,22,24)(H2,19,20,21);1H. The second kappa shape index (κ2) is 12.7. The molecule has 0 aromatic carbocycles. The molecule has 26 heavy (non-hydrogen) atoms. The lowest BCUT2D eigenvalue weighted by Crippen LogP contribution is -2.41. The van der Waals surface area contributed by atoms with E-state index in [4.69, 9.17) is 11.6 Å². The number of halogens is 2. The second-order valence-corrected chi connectivity index (χ2v) is 7.88. The summed E-state index contributed by atoms with van der Waals surface area (Å²) in [6.45, 7) is 3.01. The predicted octanol–water partition coefficient (Wildman–Crippen LogP) is 3.06. The molecule has 1 saturated carbocycles. The molecule has 9 heteroatoms. The quantitative estimate of drug-likeness (QED) is 0.256. The predicted molar refractivity (Wildman–Crippen MR) is 119 cm³/mol. The van der Waals surface area contributed by atoms with Crippen LogP contribution < -0.4 is 16.0 Å². The minimum absolute atomic E-state index is 0. The number of rotatable bonds is 7. The number of hydrogen-bond acceptors (Lipinski definition) is 4. The van der Waals surface area contributed by atoms with E-state index >= 15 is 0 Å². The fourth-order valence-electron chi connectivity index (χ4n) is 2.81. The van der Waals surface area contributed by atoms with Crippen LogP contribution in [0.1, 0.15) is 50.0 Å². The third-order valence-electron chi connectivity index (χ3n) is 4.08. The molecule has 1 aromatic heterocycles. The van der Waals surface area contributed by atoms with Gasteiger partial charge in [0.25, 0.3) is 0 Å². The summed E-state index contributed by atoms with van der Waals surface area (Å²) in [6.07, 6.45) is 5.08. The van der Waals surface area contributed by atoms with Gasteiger partial charge in [0.1, 0.15) is 12.6 Å². The van der Waals surface area contributed by atoms with E-state index in [2.05, 4.69) is 20.9 Å². The lowest BCUT2D eigenvalue weighted by Gasteiger charge is -2.22.